The van der Waals surface area contributed by atoms with Gasteiger partial charge in [-0.1, -0.05) is 5.92 Å². The number of ether oxygens (including phenoxy) is 1. The highest BCUT2D eigenvalue weighted by Crippen LogP contribution is 2.31. The SMILES string of the molecule is C#CCN(CC1CC1)C(=O)c1cc(N)ccc1OC. The van der Waals surface area contributed by atoms with Crippen molar-refractivity contribution in [1.82, 2.24) is 4.90 Å². The Morgan fingerprint density at radius 1 is 1.58 bits per heavy atom. The molecule has 0 saturated heterocycles. The summed E-state index contributed by atoms with van der Waals surface area (Å²) in [4.78, 5) is 14.2. The van der Waals surface area contributed by atoms with Gasteiger partial charge in [0.2, 0.25) is 0 Å². The highest BCUT2D eigenvalue weighted by molar-refractivity contribution is 5.98. The van der Waals surface area contributed by atoms with Crippen LogP contribution in [0.4, 0.5) is 5.69 Å². The maximum atomic E-state index is 12.5. The fraction of sp³-hybridized carbons (Fsp3) is 0.400. The second-order valence-electron chi connectivity index (χ2n) is 4.79. The van der Waals surface area contributed by atoms with Gasteiger partial charge < -0.3 is 15.4 Å². The minimum absolute atomic E-state index is 0.117. The van der Waals surface area contributed by atoms with Crippen LogP contribution in [0.2, 0.25) is 0 Å². The third-order valence-corrected chi connectivity index (χ3v) is 3.20. The van der Waals surface area contributed by atoms with Crippen LogP contribution in [-0.2, 0) is 0 Å². The van der Waals surface area contributed by atoms with Gasteiger partial charge in [0.15, 0.2) is 0 Å². The van der Waals surface area contributed by atoms with Crippen molar-refractivity contribution < 1.29 is 9.53 Å². The molecule has 0 bridgehead atoms. The fourth-order valence-corrected chi connectivity index (χ4v) is 2.00. The second-order valence-corrected chi connectivity index (χ2v) is 4.79. The van der Waals surface area contributed by atoms with E-state index in [1.807, 2.05) is 0 Å². The molecule has 1 amide bonds. The number of rotatable bonds is 5. The van der Waals surface area contributed by atoms with Gasteiger partial charge in [0.1, 0.15) is 5.75 Å². The van der Waals surface area contributed by atoms with Crippen LogP contribution in [0.3, 0.4) is 0 Å². The molecule has 2 rings (SSSR count). The van der Waals surface area contributed by atoms with Crippen LogP contribution in [-0.4, -0.2) is 31.0 Å². The van der Waals surface area contributed by atoms with Crippen LogP contribution in [0, 0.1) is 18.3 Å². The van der Waals surface area contributed by atoms with Crippen LogP contribution in [0.5, 0.6) is 5.75 Å². The lowest BCUT2D eigenvalue weighted by Crippen LogP contribution is -2.33. The van der Waals surface area contributed by atoms with E-state index in [1.54, 1.807) is 23.1 Å². The molecule has 0 atom stereocenters. The van der Waals surface area contributed by atoms with E-state index in [1.165, 1.54) is 20.0 Å². The quantitative estimate of drug-likeness (QED) is 0.647. The number of amides is 1. The molecule has 4 nitrogen and oxygen atoms in total. The molecular formula is C15H18N2O2. The zero-order chi connectivity index (χ0) is 13.8. The molecule has 1 aliphatic rings. The van der Waals surface area contributed by atoms with E-state index in [2.05, 4.69) is 5.92 Å². The van der Waals surface area contributed by atoms with Crippen LogP contribution >= 0.6 is 0 Å². The fourth-order valence-electron chi connectivity index (χ4n) is 2.00. The summed E-state index contributed by atoms with van der Waals surface area (Å²) in [5.74, 6) is 3.53. The van der Waals surface area contributed by atoms with E-state index in [4.69, 9.17) is 16.9 Å². The Kier molecular flexibility index (Phi) is 3.96. The number of nitrogens with zero attached hydrogens (tertiary/aromatic N) is 1. The molecule has 1 fully saturated rings. The summed E-state index contributed by atoms with van der Waals surface area (Å²) in [6.07, 6.45) is 7.68. The number of hydrogen-bond acceptors (Lipinski definition) is 3. The van der Waals surface area contributed by atoms with Crippen molar-refractivity contribution in [2.45, 2.75) is 12.8 Å². The molecule has 0 unspecified atom stereocenters. The maximum Gasteiger partial charge on any atom is 0.258 e. The van der Waals surface area contributed by atoms with Crippen molar-refractivity contribution in [3.63, 3.8) is 0 Å². The van der Waals surface area contributed by atoms with Crippen molar-refractivity contribution in [3.05, 3.63) is 23.8 Å². The number of hydrogen-bond donors (Lipinski definition) is 1. The average molecular weight is 258 g/mol. The molecule has 1 aromatic carbocycles. The molecule has 1 saturated carbocycles. The molecule has 0 spiro atoms. The molecule has 2 N–H and O–H groups in total. The summed E-state index contributed by atoms with van der Waals surface area (Å²) < 4.78 is 5.22. The molecule has 100 valence electrons. The second kappa shape index (κ2) is 5.66. The van der Waals surface area contributed by atoms with E-state index in [0.717, 1.165) is 0 Å². The number of carbonyl (C=O) groups excluding carboxylic acids is 1. The molecule has 0 radical (unpaired) electrons. The Bertz CT molecular complexity index is 515. The number of methoxy groups -OCH3 is 1. The smallest absolute Gasteiger partial charge is 0.258 e. The third-order valence-electron chi connectivity index (χ3n) is 3.20. The lowest BCUT2D eigenvalue weighted by Gasteiger charge is -2.21. The monoisotopic (exact) mass is 258 g/mol. The third kappa shape index (κ3) is 3.19. The summed E-state index contributed by atoms with van der Waals surface area (Å²) in [5.41, 5.74) is 6.75. The highest BCUT2D eigenvalue weighted by atomic mass is 16.5. The Hall–Kier alpha value is -2.15. The summed E-state index contributed by atoms with van der Waals surface area (Å²) in [7, 11) is 1.54. The predicted molar refractivity (Wildman–Crippen MR) is 74.9 cm³/mol. The normalized spacial score (nSPS) is 13.7. The number of anilines is 1. The van der Waals surface area contributed by atoms with Gasteiger partial charge in [0, 0.05) is 12.2 Å². The van der Waals surface area contributed by atoms with Crippen molar-refractivity contribution in [3.8, 4) is 18.1 Å². The van der Waals surface area contributed by atoms with E-state index >= 15 is 0 Å². The molecule has 1 aromatic rings. The molecule has 4 heteroatoms. The number of nitrogen functional groups attached to an aromatic ring is 1. The summed E-state index contributed by atoms with van der Waals surface area (Å²) in [6.45, 7) is 1.02. The first kappa shape index (κ1) is 13.3. The minimum atomic E-state index is -0.117. The Balaban J connectivity index is 2.24. The highest BCUT2D eigenvalue weighted by Gasteiger charge is 2.28. The largest absolute Gasteiger partial charge is 0.496 e. The first-order valence-corrected chi connectivity index (χ1v) is 6.32. The molecule has 0 aromatic heterocycles. The van der Waals surface area contributed by atoms with Crippen molar-refractivity contribution in [2.75, 3.05) is 25.9 Å². The molecular weight excluding hydrogens is 240 g/mol. The number of nitrogens with two attached hydrogens (primary N) is 1. The molecule has 1 aliphatic carbocycles. The van der Waals surface area contributed by atoms with Gasteiger partial charge >= 0.3 is 0 Å². The van der Waals surface area contributed by atoms with Crippen LogP contribution in [0.1, 0.15) is 23.2 Å². The molecule has 19 heavy (non-hydrogen) atoms. The van der Waals surface area contributed by atoms with E-state index in [0.29, 0.717) is 36.0 Å². The Morgan fingerprint density at radius 2 is 2.32 bits per heavy atom. The standard InChI is InChI=1S/C15H18N2O2/c1-3-8-17(10-11-4-5-11)15(18)13-9-12(16)6-7-14(13)19-2/h1,6-7,9,11H,4-5,8,10,16H2,2H3. The maximum absolute atomic E-state index is 12.5. The van der Waals surface area contributed by atoms with Crippen LogP contribution < -0.4 is 10.5 Å². The molecule has 0 heterocycles. The van der Waals surface area contributed by atoms with E-state index in [9.17, 15) is 4.79 Å². The molecule has 0 aliphatic heterocycles. The zero-order valence-corrected chi connectivity index (χ0v) is 11.1. The first-order valence-electron chi connectivity index (χ1n) is 6.32. The number of terminal acetylenes is 1. The van der Waals surface area contributed by atoms with Gasteiger partial charge in [-0.05, 0) is 37.0 Å². The van der Waals surface area contributed by atoms with Gasteiger partial charge in [-0.2, -0.15) is 0 Å². The average Bonchev–Trinajstić information content (AvgIpc) is 3.21. The van der Waals surface area contributed by atoms with Crippen LogP contribution in [0.15, 0.2) is 18.2 Å². The van der Waals surface area contributed by atoms with Gasteiger partial charge in [0.05, 0.1) is 19.2 Å². The summed E-state index contributed by atoms with van der Waals surface area (Å²) >= 11 is 0. The van der Waals surface area contributed by atoms with Gasteiger partial charge in [-0.15, -0.1) is 6.42 Å². The van der Waals surface area contributed by atoms with Crippen molar-refractivity contribution in [2.24, 2.45) is 5.92 Å². The number of benzene rings is 1. The van der Waals surface area contributed by atoms with Crippen molar-refractivity contribution in [1.29, 1.82) is 0 Å². The Morgan fingerprint density at radius 3 is 2.89 bits per heavy atom. The lowest BCUT2D eigenvalue weighted by atomic mass is 10.1. The first-order chi connectivity index (χ1) is 9.15. The number of carbonyl (C=O) groups is 1. The van der Waals surface area contributed by atoms with E-state index in [-0.39, 0.29) is 5.91 Å². The lowest BCUT2D eigenvalue weighted by molar-refractivity contribution is 0.0766. The van der Waals surface area contributed by atoms with Crippen molar-refractivity contribution >= 4 is 11.6 Å². The van der Waals surface area contributed by atoms with E-state index < -0.39 is 0 Å². The van der Waals surface area contributed by atoms with Gasteiger partial charge in [-0.3, -0.25) is 4.79 Å². The van der Waals surface area contributed by atoms with Gasteiger partial charge in [0.25, 0.3) is 5.91 Å². The minimum Gasteiger partial charge on any atom is -0.496 e. The predicted octanol–water partition coefficient (Wildman–Crippen LogP) is 1.76. The topological polar surface area (TPSA) is 55.6 Å². The summed E-state index contributed by atoms with van der Waals surface area (Å²) in [5, 5.41) is 0. The summed E-state index contributed by atoms with van der Waals surface area (Å²) in [6, 6.07) is 5.05. The van der Waals surface area contributed by atoms with Gasteiger partial charge in [-0.25, -0.2) is 0 Å². The Labute approximate surface area is 113 Å². The zero-order valence-electron chi connectivity index (χ0n) is 11.1. The van der Waals surface area contributed by atoms with Crippen LogP contribution in [0.25, 0.3) is 0 Å².